The van der Waals surface area contributed by atoms with Gasteiger partial charge in [0.2, 0.25) is 5.91 Å². The summed E-state index contributed by atoms with van der Waals surface area (Å²) in [6, 6.07) is 14.1. The van der Waals surface area contributed by atoms with Crippen LogP contribution in [-0.4, -0.2) is 11.7 Å². The number of amides is 1. The molecular weight excluding hydrogens is 326 g/mol. The maximum Gasteiger partial charge on any atom is 0.230 e. The molecule has 0 fully saturated rings. The summed E-state index contributed by atoms with van der Waals surface area (Å²) in [7, 11) is 0. The van der Waals surface area contributed by atoms with Gasteiger partial charge >= 0.3 is 0 Å². The van der Waals surface area contributed by atoms with Gasteiger partial charge in [-0.05, 0) is 55.2 Å². The van der Waals surface area contributed by atoms with Gasteiger partial charge in [0.15, 0.2) is 0 Å². The van der Waals surface area contributed by atoms with Gasteiger partial charge in [-0.15, -0.1) is 11.8 Å². The van der Waals surface area contributed by atoms with Gasteiger partial charge in [0.05, 0.1) is 11.8 Å². The van der Waals surface area contributed by atoms with Crippen molar-refractivity contribution < 1.29 is 4.79 Å². The molecule has 0 heterocycles. The zero-order valence-electron chi connectivity index (χ0n) is 13.7. The average Bonchev–Trinajstić information content (AvgIpc) is 2.50. The molecule has 2 aromatic rings. The van der Waals surface area contributed by atoms with Crippen LogP contribution in [0.15, 0.2) is 42.5 Å². The molecule has 0 aliphatic heterocycles. The number of halogens is 1. The molecule has 1 amide bonds. The Morgan fingerprint density at radius 1 is 1.17 bits per heavy atom. The van der Waals surface area contributed by atoms with Crippen molar-refractivity contribution in [3.05, 3.63) is 69.7 Å². The van der Waals surface area contributed by atoms with Crippen molar-refractivity contribution in [3.63, 3.8) is 0 Å². The molecule has 2 nitrogen and oxygen atoms in total. The van der Waals surface area contributed by atoms with Crippen molar-refractivity contribution >= 4 is 29.3 Å². The average molecular weight is 348 g/mol. The molecule has 2 aromatic carbocycles. The Bertz CT molecular complexity index is 687. The van der Waals surface area contributed by atoms with E-state index in [0.29, 0.717) is 5.75 Å². The number of aryl methyl sites for hydroxylation is 2. The highest BCUT2D eigenvalue weighted by Crippen LogP contribution is 2.18. The van der Waals surface area contributed by atoms with Crippen molar-refractivity contribution in [1.82, 2.24) is 5.32 Å². The lowest BCUT2D eigenvalue weighted by Gasteiger charge is -2.15. The summed E-state index contributed by atoms with van der Waals surface area (Å²) in [6.07, 6.45) is 0. The fourth-order valence-corrected chi connectivity index (χ4v) is 3.29. The second-order valence-electron chi connectivity index (χ2n) is 5.76. The molecule has 0 saturated heterocycles. The van der Waals surface area contributed by atoms with Gasteiger partial charge in [0, 0.05) is 10.8 Å². The van der Waals surface area contributed by atoms with Gasteiger partial charge in [-0.25, -0.2) is 0 Å². The summed E-state index contributed by atoms with van der Waals surface area (Å²) in [6.45, 7) is 6.20. The molecule has 0 aromatic heterocycles. The molecule has 1 N–H and O–H groups in total. The third-order valence-corrected chi connectivity index (χ3v) is 5.04. The van der Waals surface area contributed by atoms with Crippen LogP contribution < -0.4 is 5.32 Å². The molecule has 0 radical (unpaired) electrons. The van der Waals surface area contributed by atoms with E-state index in [2.05, 4.69) is 37.4 Å². The van der Waals surface area contributed by atoms with E-state index in [-0.39, 0.29) is 11.9 Å². The lowest BCUT2D eigenvalue weighted by Crippen LogP contribution is -2.28. The molecule has 122 valence electrons. The van der Waals surface area contributed by atoms with Gasteiger partial charge in [-0.3, -0.25) is 4.79 Å². The molecule has 0 aliphatic rings. The highest BCUT2D eigenvalue weighted by Gasteiger charge is 2.10. The minimum Gasteiger partial charge on any atom is -0.349 e. The minimum atomic E-state index is 0.0218. The first-order chi connectivity index (χ1) is 11.0. The molecule has 0 saturated carbocycles. The van der Waals surface area contributed by atoms with Crippen LogP contribution in [0.4, 0.5) is 0 Å². The first kappa shape index (κ1) is 17.9. The molecule has 1 atom stereocenters. The highest BCUT2D eigenvalue weighted by atomic mass is 35.5. The third kappa shape index (κ3) is 5.60. The number of nitrogens with one attached hydrogen (secondary N) is 1. The number of rotatable bonds is 6. The summed E-state index contributed by atoms with van der Waals surface area (Å²) in [5, 5.41) is 3.79. The van der Waals surface area contributed by atoms with E-state index >= 15 is 0 Å². The van der Waals surface area contributed by atoms with Gasteiger partial charge in [0.1, 0.15) is 0 Å². The molecule has 2 rings (SSSR count). The molecule has 0 aliphatic carbocycles. The van der Waals surface area contributed by atoms with Crippen LogP contribution in [0.25, 0.3) is 0 Å². The van der Waals surface area contributed by atoms with Crippen molar-refractivity contribution in [2.24, 2.45) is 0 Å². The van der Waals surface area contributed by atoms with E-state index in [1.165, 1.54) is 11.1 Å². The maximum atomic E-state index is 12.1. The fourth-order valence-electron chi connectivity index (χ4n) is 2.29. The standard InChI is InChI=1S/C19H22ClNOS/c1-13-7-8-17(9-14(13)2)15(3)21-19(22)12-23-11-16-5-4-6-18(20)10-16/h4-10,15H,11-12H2,1-3H3,(H,21,22)/t15-/m1/s1. The number of thioether (sulfide) groups is 1. The number of carbonyl (C=O) groups excluding carboxylic acids is 1. The molecule has 0 unspecified atom stereocenters. The van der Waals surface area contributed by atoms with E-state index in [9.17, 15) is 4.79 Å². The Kier molecular flexibility index (Phi) is 6.55. The van der Waals surface area contributed by atoms with Gasteiger partial charge in [0.25, 0.3) is 0 Å². The molecule has 0 bridgehead atoms. The predicted octanol–water partition coefficient (Wildman–Crippen LogP) is 5.07. The summed E-state index contributed by atoms with van der Waals surface area (Å²) in [5.74, 6) is 1.29. The third-order valence-electron chi connectivity index (χ3n) is 3.80. The zero-order valence-corrected chi connectivity index (χ0v) is 15.3. The monoisotopic (exact) mass is 347 g/mol. The topological polar surface area (TPSA) is 29.1 Å². The summed E-state index contributed by atoms with van der Waals surface area (Å²) < 4.78 is 0. The Hall–Kier alpha value is -1.45. The number of benzene rings is 2. The van der Waals surface area contributed by atoms with E-state index in [4.69, 9.17) is 11.6 Å². The summed E-state index contributed by atoms with van der Waals surface area (Å²) in [4.78, 5) is 12.1. The van der Waals surface area contributed by atoms with Gasteiger partial charge < -0.3 is 5.32 Å². The number of hydrogen-bond acceptors (Lipinski definition) is 2. The predicted molar refractivity (Wildman–Crippen MR) is 100 cm³/mol. The lowest BCUT2D eigenvalue weighted by molar-refractivity contribution is -0.119. The van der Waals surface area contributed by atoms with Crippen molar-refractivity contribution in [1.29, 1.82) is 0 Å². The lowest BCUT2D eigenvalue weighted by atomic mass is 10.0. The molecule has 4 heteroatoms. The molecular formula is C19H22ClNOS. The highest BCUT2D eigenvalue weighted by molar-refractivity contribution is 7.99. The van der Waals surface area contributed by atoms with Crippen LogP contribution in [0.3, 0.4) is 0 Å². The van der Waals surface area contributed by atoms with Crippen LogP contribution >= 0.6 is 23.4 Å². The minimum absolute atomic E-state index is 0.0218. The molecule has 0 spiro atoms. The fraction of sp³-hybridized carbons (Fsp3) is 0.316. The quantitative estimate of drug-likeness (QED) is 0.790. The van der Waals surface area contributed by atoms with Crippen LogP contribution in [0.2, 0.25) is 5.02 Å². The SMILES string of the molecule is Cc1ccc([C@@H](C)NC(=O)CSCc2cccc(Cl)c2)cc1C. The largest absolute Gasteiger partial charge is 0.349 e. The van der Waals surface area contributed by atoms with Gasteiger partial charge in [-0.1, -0.05) is 41.9 Å². The normalized spacial score (nSPS) is 12.0. The van der Waals surface area contributed by atoms with E-state index in [1.54, 1.807) is 11.8 Å². The van der Waals surface area contributed by atoms with Crippen molar-refractivity contribution in [2.75, 3.05) is 5.75 Å². The Morgan fingerprint density at radius 3 is 2.65 bits per heavy atom. The zero-order chi connectivity index (χ0) is 16.8. The summed E-state index contributed by atoms with van der Waals surface area (Å²) >= 11 is 7.55. The maximum absolute atomic E-state index is 12.1. The second-order valence-corrected chi connectivity index (χ2v) is 7.18. The Balaban J connectivity index is 1.81. The number of carbonyl (C=O) groups is 1. The van der Waals surface area contributed by atoms with E-state index in [1.807, 2.05) is 31.2 Å². The number of hydrogen-bond donors (Lipinski definition) is 1. The van der Waals surface area contributed by atoms with Crippen LogP contribution in [-0.2, 0) is 10.5 Å². The van der Waals surface area contributed by atoms with E-state index in [0.717, 1.165) is 21.9 Å². The Labute approximate surface area is 147 Å². The second kappa shape index (κ2) is 8.42. The van der Waals surface area contributed by atoms with E-state index < -0.39 is 0 Å². The van der Waals surface area contributed by atoms with Crippen molar-refractivity contribution in [3.8, 4) is 0 Å². The molecule has 23 heavy (non-hydrogen) atoms. The summed E-state index contributed by atoms with van der Waals surface area (Å²) in [5.41, 5.74) is 4.79. The van der Waals surface area contributed by atoms with Crippen molar-refractivity contribution in [2.45, 2.75) is 32.6 Å². The smallest absolute Gasteiger partial charge is 0.230 e. The van der Waals surface area contributed by atoms with Crippen LogP contribution in [0.5, 0.6) is 0 Å². The first-order valence-corrected chi connectivity index (χ1v) is 9.17. The van der Waals surface area contributed by atoms with Crippen LogP contribution in [0, 0.1) is 13.8 Å². The van der Waals surface area contributed by atoms with Gasteiger partial charge in [-0.2, -0.15) is 0 Å². The van der Waals surface area contributed by atoms with Crippen LogP contribution in [0.1, 0.15) is 35.2 Å². The first-order valence-electron chi connectivity index (χ1n) is 7.64. The Morgan fingerprint density at radius 2 is 1.96 bits per heavy atom.